The van der Waals surface area contributed by atoms with E-state index in [1.807, 2.05) is 24.3 Å². The summed E-state index contributed by atoms with van der Waals surface area (Å²) in [7, 11) is 1.73. The monoisotopic (exact) mass is 243 g/mol. The fourth-order valence-corrected chi connectivity index (χ4v) is 2.31. The largest absolute Gasteiger partial charge is 0.493 e. The van der Waals surface area contributed by atoms with Gasteiger partial charge in [0.1, 0.15) is 11.4 Å². The van der Waals surface area contributed by atoms with Crippen molar-refractivity contribution in [2.24, 2.45) is 7.05 Å². The first-order chi connectivity index (χ1) is 8.77. The van der Waals surface area contributed by atoms with Gasteiger partial charge in [-0.25, -0.2) is 4.68 Å². The van der Waals surface area contributed by atoms with Crippen molar-refractivity contribution in [3.63, 3.8) is 0 Å². The Morgan fingerprint density at radius 3 is 3.06 bits per heavy atom. The average molecular weight is 243 g/mol. The van der Waals surface area contributed by atoms with E-state index in [2.05, 4.69) is 10.3 Å². The molecule has 0 aliphatic carbocycles. The first kappa shape index (κ1) is 11.0. The van der Waals surface area contributed by atoms with E-state index >= 15 is 0 Å². The molecule has 2 aromatic rings. The number of Topliss-reactive ketones (excluding diaryl/α,β-unsaturated/α-hetero) is 1. The second kappa shape index (κ2) is 4.25. The Kier molecular flexibility index (Phi) is 2.59. The number of carbonyl (C=O) groups excluding carboxylic acids is 1. The van der Waals surface area contributed by atoms with Crippen LogP contribution in [-0.4, -0.2) is 27.4 Å². The lowest BCUT2D eigenvalue weighted by Crippen LogP contribution is -2.23. The highest BCUT2D eigenvalue weighted by Gasteiger charge is 2.29. The number of hydrogen-bond acceptors (Lipinski definition) is 4. The number of fused-ring (bicyclic) bond motifs is 1. The lowest BCUT2D eigenvalue weighted by atomic mass is 9.88. The maximum absolute atomic E-state index is 12.5. The lowest BCUT2D eigenvalue weighted by Gasteiger charge is -2.24. The number of benzene rings is 1. The second-order valence-electron chi connectivity index (χ2n) is 4.33. The predicted octanol–water partition coefficient (Wildman–Crippen LogP) is 1.56. The highest BCUT2D eigenvalue weighted by molar-refractivity contribution is 5.99. The van der Waals surface area contributed by atoms with Crippen LogP contribution in [0.25, 0.3) is 0 Å². The first-order valence-corrected chi connectivity index (χ1v) is 5.88. The summed E-state index contributed by atoms with van der Waals surface area (Å²) in [6, 6.07) is 7.68. The minimum absolute atomic E-state index is 0.0539. The zero-order valence-electron chi connectivity index (χ0n) is 10.0. The van der Waals surface area contributed by atoms with Crippen LogP contribution >= 0.6 is 0 Å². The Labute approximate surface area is 104 Å². The van der Waals surface area contributed by atoms with Gasteiger partial charge in [-0.2, -0.15) is 0 Å². The van der Waals surface area contributed by atoms with Gasteiger partial charge < -0.3 is 4.74 Å². The lowest BCUT2D eigenvalue weighted by molar-refractivity contribution is 0.0923. The molecular formula is C13H13N3O2. The number of ketones is 1. The zero-order valence-corrected chi connectivity index (χ0v) is 10.0. The van der Waals surface area contributed by atoms with Crippen LogP contribution in [0.3, 0.4) is 0 Å². The number of ether oxygens (including phenoxy) is 1. The van der Waals surface area contributed by atoms with Crippen molar-refractivity contribution in [1.29, 1.82) is 0 Å². The molecule has 0 bridgehead atoms. The third-order valence-electron chi connectivity index (χ3n) is 3.24. The van der Waals surface area contributed by atoms with Crippen LogP contribution in [-0.2, 0) is 7.05 Å². The van der Waals surface area contributed by atoms with Crippen LogP contribution in [0.15, 0.2) is 30.5 Å². The fraction of sp³-hybridized carbons (Fsp3) is 0.308. The van der Waals surface area contributed by atoms with E-state index < -0.39 is 0 Å². The van der Waals surface area contributed by atoms with Crippen molar-refractivity contribution in [2.45, 2.75) is 12.3 Å². The number of nitrogens with zero attached hydrogens (tertiary/aromatic N) is 3. The van der Waals surface area contributed by atoms with E-state index in [0.29, 0.717) is 18.7 Å². The van der Waals surface area contributed by atoms with Gasteiger partial charge in [-0.1, -0.05) is 23.4 Å². The molecule has 0 N–H and O–H groups in total. The molecule has 1 aliphatic rings. The Morgan fingerprint density at radius 2 is 2.28 bits per heavy atom. The third-order valence-corrected chi connectivity index (χ3v) is 3.24. The van der Waals surface area contributed by atoms with Crippen molar-refractivity contribution < 1.29 is 9.53 Å². The summed E-state index contributed by atoms with van der Waals surface area (Å²) in [6.07, 6.45) is 2.21. The summed E-state index contributed by atoms with van der Waals surface area (Å²) in [6.45, 7) is 0.568. The van der Waals surface area contributed by atoms with Gasteiger partial charge in [-0.05, 0) is 12.5 Å². The van der Waals surface area contributed by atoms with Gasteiger partial charge in [-0.3, -0.25) is 4.79 Å². The highest BCUT2D eigenvalue weighted by Crippen LogP contribution is 2.35. The number of aromatic nitrogens is 3. The van der Waals surface area contributed by atoms with Crippen molar-refractivity contribution in [3.05, 3.63) is 41.7 Å². The quantitative estimate of drug-likeness (QED) is 0.751. The van der Waals surface area contributed by atoms with Gasteiger partial charge in [0, 0.05) is 12.6 Å². The molecule has 1 aromatic heterocycles. The third kappa shape index (κ3) is 1.68. The highest BCUT2D eigenvalue weighted by atomic mass is 16.5. The van der Waals surface area contributed by atoms with Crippen molar-refractivity contribution in [3.8, 4) is 5.75 Å². The normalized spacial score (nSPS) is 17.9. The molecule has 0 spiro atoms. The Bertz CT molecular complexity index is 591. The molecule has 2 heterocycles. The van der Waals surface area contributed by atoms with Crippen molar-refractivity contribution in [2.75, 3.05) is 6.61 Å². The molecule has 92 valence electrons. The molecule has 5 heteroatoms. The minimum atomic E-state index is -0.160. The SMILES string of the molecule is Cn1nncc1C(=O)C1CCOc2ccccc21. The van der Waals surface area contributed by atoms with E-state index in [9.17, 15) is 4.79 Å². The van der Waals surface area contributed by atoms with Gasteiger partial charge in [0.05, 0.1) is 18.7 Å². The maximum Gasteiger partial charge on any atom is 0.190 e. The van der Waals surface area contributed by atoms with Crippen LogP contribution in [0.1, 0.15) is 28.4 Å². The van der Waals surface area contributed by atoms with E-state index in [-0.39, 0.29) is 11.7 Å². The summed E-state index contributed by atoms with van der Waals surface area (Å²) in [5.74, 6) is 0.697. The van der Waals surface area contributed by atoms with Crippen molar-refractivity contribution >= 4 is 5.78 Å². The standard InChI is InChI=1S/C13H13N3O2/c1-16-11(8-14-15-16)13(17)10-6-7-18-12-5-3-2-4-9(10)12/h2-5,8,10H,6-7H2,1H3. The van der Waals surface area contributed by atoms with E-state index in [1.165, 1.54) is 10.9 Å². The van der Waals surface area contributed by atoms with E-state index in [1.54, 1.807) is 7.05 Å². The van der Waals surface area contributed by atoms with Crippen LogP contribution in [0, 0.1) is 0 Å². The summed E-state index contributed by atoms with van der Waals surface area (Å²) in [5, 5.41) is 7.56. The van der Waals surface area contributed by atoms with Crippen LogP contribution < -0.4 is 4.74 Å². The molecule has 18 heavy (non-hydrogen) atoms. The second-order valence-corrected chi connectivity index (χ2v) is 4.33. The fourth-order valence-electron chi connectivity index (χ4n) is 2.31. The topological polar surface area (TPSA) is 57.0 Å². The number of para-hydroxylation sites is 1. The molecule has 5 nitrogen and oxygen atoms in total. The smallest absolute Gasteiger partial charge is 0.190 e. The molecule has 1 aromatic carbocycles. The molecule has 0 fully saturated rings. The average Bonchev–Trinajstić information content (AvgIpc) is 2.83. The molecule has 3 rings (SSSR count). The van der Waals surface area contributed by atoms with Gasteiger partial charge in [0.15, 0.2) is 5.78 Å². The molecule has 1 unspecified atom stereocenters. The van der Waals surface area contributed by atoms with Gasteiger partial charge in [0.2, 0.25) is 0 Å². The van der Waals surface area contributed by atoms with Crippen LogP contribution in [0.4, 0.5) is 0 Å². The predicted molar refractivity (Wildman–Crippen MR) is 64.6 cm³/mol. The van der Waals surface area contributed by atoms with Gasteiger partial charge in [-0.15, -0.1) is 5.10 Å². The van der Waals surface area contributed by atoms with Crippen LogP contribution in [0.5, 0.6) is 5.75 Å². The summed E-state index contributed by atoms with van der Waals surface area (Å²) < 4.78 is 7.08. The molecule has 1 aliphatic heterocycles. The van der Waals surface area contributed by atoms with E-state index in [4.69, 9.17) is 4.74 Å². The Hall–Kier alpha value is -2.17. The van der Waals surface area contributed by atoms with Crippen molar-refractivity contribution in [1.82, 2.24) is 15.0 Å². The minimum Gasteiger partial charge on any atom is -0.493 e. The Balaban J connectivity index is 2.00. The molecule has 0 saturated heterocycles. The number of rotatable bonds is 2. The first-order valence-electron chi connectivity index (χ1n) is 5.88. The summed E-state index contributed by atoms with van der Waals surface area (Å²) in [4.78, 5) is 12.5. The summed E-state index contributed by atoms with van der Waals surface area (Å²) in [5.41, 5.74) is 1.49. The van der Waals surface area contributed by atoms with Gasteiger partial charge >= 0.3 is 0 Å². The van der Waals surface area contributed by atoms with E-state index in [0.717, 1.165) is 11.3 Å². The molecular weight excluding hydrogens is 230 g/mol. The number of aryl methyl sites for hydroxylation is 1. The zero-order chi connectivity index (χ0) is 12.5. The molecule has 0 amide bonds. The molecule has 1 atom stereocenters. The Morgan fingerprint density at radius 1 is 1.44 bits per heavy atom. The number of carbonyl (C=O) groups is 1. The molecule has 0 radical (unpaired) electrons. The molecule has 0 saturated carbocycles. The maximum atomic E-state index is 12.5. The number of hydrogen-bond donors (Lipinski definition) is 0. The van der Waals surface area contributed by atoms with Crippen LogP contribution in [0.2, 0.25) is 0 Å². The summed E-state index contributed by atoms with van der Waals surface area (Å²) >= 11 is 0. The van der Waals surface area contributed by atoms with Gasteiger partial charge in [0.25, 0.3) is 0 Å².